The molecule has 218 valence electrons. The number of non-ortho nitro benzene ring substituents is 1. The van der Waals surface area contributed by atoms with Gasteiger partial charge in [0.05, 0.1) is 4.92 Å². The number of rotatable bonds is 11. The molecule has 2 aliphatic rings. The lowest BCUT2D eigenvalue weighted by Crippen LogP contribution is -2.70. The van der Waals surface area contributed by atoms with Gasteiger partial charge >= 0.3 is 11.9 Å². The van der Waals surface area contributed by atoms with Gasteiger partial charge in [0.25, 0.3) is 24.0 Å². The van der Waals surface area contributed by atoms with E-state index >= 15 is 0 Å². The number of nitrogens with zero attached hydrogens (tertiary/aromatic N) is 2. The number of β-lactam (4-membered cyclic amide) rings is 1. The van der Waals surface area contributed by atoms with Crippen molar-refractivity contribution in [3.05, 3.63) is 97.5 Å². The van der Waals surface area contributed by atoms with Gasteiger partial charge in [0.2, 0.25) is 6.10 Å². The van der Waals surface area contributed by atoms with Gasteiger partial charge in [-0.05, 0) is 17.7 Å². The lowest BCUT2D eigenvalue weighted by molar-refractivity contribution is -0.384. The fourth-order valence-electron chi connectivity index (χ4n) is 4.18. The van der Waals surface area contributed by atoms with Gasteiger partial charge < -0.3 is 19.5 Å². The minimum atomic E-state index is -1.33. The molecule has 0 aromatic heterocycles. The van der Waals surface area contributed by atoms with E-state index in [0.29, 0.717) is 11.1 Å². The average molecular weight is 616 g/mol. The highest BCUT2D eigenvalue weighted by Crippen LogP contribution is 2.47. The van der Waals surface area contributed by atoms with Crippen LogP contribution in [0.4, 0.5) is 5.69 Å². The monoisotopic (exact) mass is 615 g/mol. The summed E-state index contributed by atoms with van der Waals surface area (Å²) >= 11 is 7.10. The number of fused-ring (bicyclic) bond motifs is 1. The number of hydrogen-bond acceptors (Lipinski definition) is 11. The summed E-state index contributed by atoms with van der Waals surface area (Å²) in [7, 11) is 0. The van der Waals surface area contributed by atoms with Crippen molar-refractivity contribution >= 4 is 59.3 Å². The molecule has 2 aliphatic heterocycles. The van der Waals surface area contributed by atoms with Crippen LogP contribution in [-0.4, -0.2) is 58.1 Å². The van der Waals surface area contributed by atoms with Crippen molar-refractivity contribution in [1.82, 2.24) is 10.2 Å². The van der Waals surface area contributed by atoms with Gasteiger partial charge in [0.1, 0.15) is 30.3 Å². The third-order valence-corrected chi connectivity index (χ3v) is 7.86. The van der Waals surface area contributed by atoms with Gasteiger partial charge in [-0.2, -0.15) is 0 Å². The normalized spacial score (nSPS) is 19.2. The van der Waals surface area contributed by atoms with E-state index in [-0.39, 0.29) is 34.9 Å². The minimum Gasteiger partial charge on any atom is -0.461 e. The molecule has 0 radical (unpaired) electrons. The Morgan fingerprint density at radius 3 is 2.40 bits per heavy atom. The molecular weight excluding hydrogens is 594 g/mol. The Morgan fingerprint density at radius 1 is 1.12 bits per heavy atom. The summed E-state index contributed by atoms with van der Waals surface area (Å²) in [6.07, 6.45) is -1.33. The fraction of sp³-hybridized carbons (Fsp3) is 0.222. The molecule has 0 aliphatic carbocycles. The van der Waals surface area contributed by atoms with Crippen LogP contribution in [0.2, 0.25) is 0 Å². The van der Waals surface area contributed by atoms with E-state index in [1.165, 1.54) is 31.2 Å². The summed E-state index contributed by atoms with van der Waals surface area (Å²) in [5.41, 5.74) is 1.69. The Kier molecular flexibility index (Phi) is 9.60. The number of nitro groups is 1. The quantitative estimate of drug-likeness (QED) is 0.0984. The summed E-state index contributed by atoms with van der Waals surface area (Å²) in [5, 5.41) is 12.6. The van der Waals surface area contributed by atoms with Crippen molar-refractivity contribution in [3.63, 3.8) is 0 Å². The Labute approximate surface area is 247 Å². The number of benzene rings is 2. The summed E-state index contributed by atoms with van der Waals surface area (Å²) in [6.45, 7) is 0.600. The van der Waals surface area contributed by atoms with Gasteiger partial charge in [-0.1, -0.05) is 53.7 Å². The van der Waals surface area contributed by atoms with Gasteiger partial charge in [-0.15, -0.1) is 0 Å². The molecule has 4 rings (SSSR count). The largest absolute Gasteiger partial charge is 0.461 e. The Bertz CT molecular complexity index is 1480. The number of esters is 2. The smallest absolute Gasteiger partial charge is 0.355 e. The van der Waals surface area contributed by atoms with E-state index in [9.17, 15) is 34.1 Å². The van der Waals surface area contributed by atoms with Crippen molar-refractivity contribution in [2.45, 2.75) is 31.1 Å². The lowest BCUT2D eigenvalue weighted by atomic mass is 10.0. The second kappa shape index (κ2) is 13.3. The summed E-state index contributed by atoms with van der Waals surface area (Å²) in [6, 6.07) is 12.4. The van der Waals surface area contributed by atoms with Crippen LogP contribution in [0.3, 0.4) is 0 Å². The highest BCUT2D eigenvalue weighted by atomic mass is 35.5. The van der Waals surface area contributed by atoms with E-state index < -0.39 is 52.8 Å². The molecule has 13 nitrogen and oxygen atoms in total. The Balaban J connectivity index is 1.58. The van der Waals surface area contributed by atoms with Crippen LogP contribution in [-0.2, 0) is 44.8 Å². The van der Waals surface area contributed by atoms with E-state index in [4.69, 9.17) is 25.8 Å². The first-order valence-corrected chi connectivity index (χ1v) is 13.5. The number of carbonyl (C=O) groups excluding carboxylic acids is 5. The predicted octanol–water partition coefficient (Wildman–Crippen LogP) is 2.85. The number of nitrogens with one attached hydrogen (secondary N) is 1. The molecule has 15 heteroatoms. The minimum absolute atomic E-state index is 0.111. The molecule has 1 saturated heterocycles. The number of thioether (sulfide) groups is 1. The first-order chi connectivity index (χ1) is 20.2. The average Bonchev–Trinajstić information content (AvgIpc) is 2.99. The number of carbonyl (C=O) groups is 5. The molecule has 2 aromatic rings. The van der Waals surface area contributed by atoms with Crippen LogP contribution < -0.4 is 5.32 Å². The van der Waals surface area contributed by atoms with Crippen molar-refractivity contribution in [2.75, 3.05) is 6.61 Å². The summed E-state index contributed by atoms with van der Waals surface area (Å²) in [4.78, 5) is 74.1. The Morgan fingerprint density at radius 2 is 1.81 bits per heavy atom. The van der Waals surface area contributed by atoms with Crippen LogP contribution in [0.15, 0.2) is 76.3 Å². The van der Waals surface area contributed by atoms with Crippen molar-refractivity contribution < 1.29 is 43.1 Å². The van der Waals surface area contributed by atoms with Crippen LogP contribution in [0.1, 0.15) is 24.2 Å². The maximum Gasteiger partial charge on any atom is 0.355 e. The SMILES string of the molecule is CC(=O)OCC1=C(C(=O)OCc2ccc([N+](=O)[O-])cc2)N2C(=O)C(NC(=O)C(OC=O)c3ccccc3)[C@@H]2SC1=CCl. The van der Waals surface area contributed by atoms with Crippen molar-refractivity contribution in [3.8, 4) is 0 Å². The molecule has 1 fully saturated rings. The third-order valence-electron chi connectivity index (χ3n) is 6.17. The molecule has 2 heterocycles. The summed E-state index contributed by atoms with van der Waals surface area (Å²) < 4.78 is 15.5. The topological polar surface area (TPSA) is 171 Å². The van der Waals surface area contributed by atoms with Gasteiger partial charge in [-0.3, -0.25) is 34.2 Å². The summed E-state index contributed by atoms with van der Waals surface area (Å²) in [5.74, 6) is -3.04. The zero-order valence-corrected chi connectivity index (χ0v) is 23.3. The maximum absolute atomic E-state index is 13.4. The highest BCUT2D eigenvalue weighted by Gasteiger charge is 2.56. The molecule has 2 amide bonds. The molecule has 0 bridgehead atoms. The Hall–Kier alpha value is -4.69. The van der Waals surface area contributed by atoms with Crippen molar-refractivity contribution in [2.24, 2.45) is 0 Å². The number of nitro benzene ring substituents is 1. The van der Waals surface area contributed by atoms with Crippen LogP contribution in [0.5, 0.6) is 0 Å². The van der Waals surface area contributed by atoms with Crippen LogP contribution >= 0.6 is 23.4 Å². The third kappa shape index (κ3) is 6.44. The molecule has 0 spiro atoms. The first-order valence-electron chi connectivity index (χ1n) is 12.2. The molecule has 2 aromatic carbocycles. The molecular formula is C27H22ClN3O10S. The van der Waals surface area contributed by atoms with Gasteiger partial charge in [0.15, 0.2) is 0 Å². The second-order valence-electron chi connectivity index (χ2n) is 8.81. The molecule has 1 N–H and O–H groups in total. The van der Waals surface area contributed by atoms with E-state index in [1.807, 2.05) is 0 Å². The van der Waals surface area contributed by atoms with Crippen molar-refractivity contribution in [1.29, 1.82) is 0 Å². The first kappa shape index (κ1) is 30.3. The molecule has 0 saturated carbocycles. The number of hydrogen-bond donors (Lipinski definition) is 1. The second-order valence-corrected chi connectivity index (χ2v) is 10.2. The van der Waals surface area contributed by atoms with Gasteiger partial charge in [-0.25, -0.2) is 4.79 Å². The van der Waals surface area contributed by atoms with Gasteiger partial charge in [0, 0.05) is 40.6 Å². The maximum atomic E-state index is 13.4. The number of halogens is 1. The zero-order valence-electron chi connectivity index (χ0n) is 21.8. The van der Waals surface area contributed by atoms with E-state index in [1.54, 1.807) is 30.3 Å². The zero-order chi connectivity index (χ0) is 30.4. The van der Waals surface area contributed by atoms with E-state index in [2.05, 4.69) is 5.32 Å². The fourth-order valence-corrected chi connectivity index (χ4v) is 5.71. The number of ether oxygens (including phenoxy) is 3. The predicted molar refractivity (Wildman–Crippen MR) is 147 cm³/mol. The molecule has 2 unspecified atom stereocenters. The highest BCUT2D eigenvalue weighted by molar-refractivity contribution is 8.04. The standard InChI is InChI=1S/C27H22ClN3O10S/c1-15(33)39-13-19-20(11-28)42-26-21(29-24(34)23(41-14-32)17-5-3-2-4-6-17)25(35)30(26)22(19)27(36)40-12-16-7-9-18(10-8-16)31(37)38/h2-11,14,21,23,26H,12-13H2,1H3,(H,29,34)/t21?,23?,26-/m0/s1. The van der Waals surface area contributed by atoms with Crippen LogP contribution in [0, 0.1) is 10.1 Å². The molecule has 3 atom stereocenters. The molecule has 42 heavy (non-hydrogen) atoms. The number of amides is 2. The van der Waals surface area contributed by atoms with E-state index in [0.717, 1.165) is 22.2 Å². The van der Waals surface area contributed by atoms with Crippen LogP contribution in [0.25, 0.3) is 0 Å². The lowest BCUT2D eigenvalue weighted by Gasteiger charge is -2.50.